The summed E-state index contributed by atoms with van der Waals surface area (Å²) in [6.45, 7) is 3.64. The Morgan fingerprint density at radius 1 is 1.12 bits per heavy atom. The molecule has 3 aromatic rings. The van der Waals surface area contributed by atoms with Gasteiger partial charge in [0.15, 0.2) is 0 Å². The molecule has 4 nitrogen and oxygen atoms in total. The Labute approximate surface area is 147 Å². The molecular formula is C21H22N2O2. The minimum absolute atomic E-state index is 0.0771. The third-order valence-corrected chi connectivity index (χ3v) is 4.28. The summed E-state index contributed by atoms with van der Waals surface area (Å²) in [5, 5.41) is 13.0. The molecule has 3 rings (SSSR count). The molecule has 1 aromatic heterocycles. The lowest BCUT2D eigenvalue weighted by Gasteiger charge is -2.17. The first kappa shape index (κ1) is 17.1. The number of pyridine rings is 1. The molecule has 128 valence electrons. The molecular weight excluding hydrogens is 312 g/mol. The average Bonchev–Trinajstić information content (AvgIpc) is 2.63. The topological polar surface area (TPSA) is 62.2 Å². The molecule has 1 unspecified atom stereocenters. The van der Waals surface area contributed by atoms with Gasteiger partial charge in [-0.05, 0) is 36.6 Å². The largest absolute Gasteiger partial charge is 0.394 e. The number of benzene rings is 2. The molecule has 0 saturated heterocycles. The van der Waals surface area contributed by atoms with Crippen LogP contribution in [-0.2, 0) is 11.2 Å². The summed E-state index contributed by atoms with van der Waals surface area (Å²) in [4.78, 5) is 17.1. The Kier molecular flexibility index (Phi) is 5.10. The predicted molar refractivity (Wildman–Crippen MR) is 100 cm³/mol. The molecule has 0 aliphatic heterocycles. The van der Waals surface area contributed by atoms with E-state index in [4.69, 9.17) is 5.11 Å². The van der Waals surface area contributed by atoms with Crippen molar-refractivity contribution in [1.82, 2.24) is 10.3 Å². The number of aromatic nitrogens is 1. The molecule has 1 heterocycles. The summed E-state index contributed by atoms with van der Waals surface area (Å²) in [6.07, 6.45) is 0.234. The van der Waals surface area contributed by atoms with Crippen molar-refractivity contribution in [3.05, 3.63) is 65.9 Å². The van der Waals surface area contributed by atoms with Gasteiger partial charge in [0, 0.05) is 17.1 Å². The first-order valence-electron chi connectivity index (χ1n) is 8.44. The molecule has 25 heavy (non-hydrogen) atoms. The molecule has 1 atom stereocenters. The van der Waals surface area contributed by atoms with Crippen LogP contribution in [0.4, 0.5) is 0 Å². The molecule has 0 saturated carbocycles. The van der Waals surface area contributed by atoms with Crippen molar-refractivity contribution in [2.45, 2.75) is 26.3 Å². The second-order valence-corrected chi connectivity index (χ2v) is 6.26. The Hall–Kier alpha value is -2.72. The fourth-order valence-electron chi connectivity index (χ4n) is 3.06. The van der Waals surface area contributed by atoms with Gasteiger partial charge in [-0.15, -0.1) is 0 Å². The Morgan fingerprint density at radius 3 is 2.52 bits per heavy atom. The van der Waals surface area contributed by atoms with Gasteiger partial charge in [0.2, 0.25) is 5.91 Å². The number of hydrogen-bond acceptors (Lipinski definition) is 3. The van der Waals surface area contributed by atoms with Gasteiger partial charge in [0.05, 0.1) is 18.5 Å². The van der Waals surface area contributed by atoms with E-state index in [9.17, 15) is 4.79 Å². The Bertz CT molecular complexity index is 891. The number of nitrogens with one attached hydrogen (secondary N) is 1. The zero-order chi connectivity index (χ0) is 17.8. The Balaban J connectivity index is 2.14. The van der Waals surface area contributed by atoms with Crippen LogP contribution >= 0.6 is 0 Å². The van der Waals surface area contributed by atoms with Gasteiger partial charge in [-0.2, -0.15) is 0 Å². The molecule has 2 aromatic carbocycles. The van der Waals surface area contributed by atoms with Gasteiger partial charge in [0.1, 0.15) is 0 Å². The van der Waals surface area contributed by atoms with Crippen molar-refractivity contribution < 1.29 is 9.90 Å². The van der Waals surface area contributed by atoms with E-state index >= 15 is 0 Å². The van der Waals surface area contributed by atoms with Crippen LogP contribution in [0.3, 0.4) is 0 Å². The second-order valence-electron chi connectivity index (χ2n) is 6.26. The zero-order valence-electron chi connectivity index (χ0n) is 14.5. The zero-order valence-corrected chi connectivity index (χ0v) is 14.5. The molecule has 1 amide bonds. The van der Waals surface area contributed by atoms with E-state index in [2.05, 4.69) is 22.4 Å². The lowest BCUT2D eigenvalue weighted by Crippen LogP contribution is -2.36. The minimum Gasteiger partial charge on any atom is -0.394 e. The first-order chi connectivity index (χ1) is 12.1. The van der Waals surface area contributed by atoms with Gasteiger partial charge in [-0.25, -0.2) is 0 Å². The summed E-state index contributed by atoms with van der Waals surface area (Å²) in [5.74, 6) is -0.112. The highest BCUT2D eigenvalue weighted by Gasteiger charge is 2.17. The van der Waals surface area contributed by atoms with Crippen LogP contribution in [0.25, 0.3) is 22.0 Å². The number of aryl methyl sites for hydroxylation is 1. The van der Waals surface area contributed by atoms with Crippen LogP contribution in [0.5, 0.6) is 0 Å². The third kappa shape index (κ3) is 3.69. The van der Waals surface area contributed by atoms with E-state index in [0.717, 1.165) is 33.3 Å². The molecule has 0 radical (unpaired) electrons. The van der Waals surface area contributed by atoms with Crippen molar-refractivity contribution in [1.29, 1.82) is 0 Å². The van der Waals surface area contributed by atoms with Gasteiger partial charge >= 0.3 is 0 Å². The van der Waals surface area contributed by atoms with Crippen LogP contribution < -0.4 is 5.32 Å². The number of aliphatic hydroxyl groups excluding tert-OH is 1. The third-order valence-electron chi connectivity index (χ3n) is 4.28. The normalized spacial score (nSPS) is 12.1. The van der Waals surface area contributed by atoms with Crippen molar-refractivity contribution >= 4 is 16.8 Å². The predicted octanol–water partition coefficient (Wildman–Crippen LogP) is 3.25. The lowest BCUT2D eigenvalue weighted by atomic mass is 9.92. The summed E-state index contributed by atoms with van der Waals surface area (Å²) < 4.78 is 0. The number of carbonyl (C=O) groups excluding carboxylic acids is 1. The minimum atomic E-state index is -0.263. The fourth-order valence-corrected chi connectivity index (χ4v) is 3.06. The molecule has 2 N–H and O–H groups in total. The highest BCUT2D eigenvalue weighted by atomic mass is 16.3. The highest BCUT2D eigenvalue weighted by molar-refractivity contribution is 5.98. The summed E-state index contributed by atoms with van der Waals surface area (Å²) in [7, 11) is 0. The molecule has 0 spiro atoms. The van der Waals surface area contributed by atoms with Gasteiger partial charge < -0.3 is 10.4 Å². The quantitative estimate of drug-likeness (QED) is 0.753. The van der Waals surface area contributed by atoms with Crippen molar-refractivity contribution in [3.8, 4) is 11.1 Å². The number of hydrogen-bond donors (Lipinski definition) is 2. The van der Waals surface area contributed by atoms with E-state index in [1.807, 2.05) is 49.4 Å². The van der Waals surface area contributed by atoms with Crippen molar-refractivity contribution in [2.24, 2.45) is 0 Å². The summed E-state index contributed by atoms with van der Waals surface area (Å²) in [6, 6.07) is 17.8. The smallest absolute Gasteiger partial charge is 0.224 e. The first-order valence-corrected chi connectivity index (χ1v) is 8.44. The monoisotopic (exact) mass is 334 g/mol. The number of carbonyl (C=O) groups is 1. The molecule has 0 fully saturated rings. The maximum atomic E-state index is 12.4. The van der Waals surface area contributed by atoms with E-state index in [-0.39, 0.29) is 25.0 Å². The second kappa shape index (κ2) is 7.45. The number of aliphatic hydroxyl groups is 1. The van der Waals surface area contributed by atoms with Crippen LogP contribution in [0.1, 0.15) is 18.2 Å². The number of amides is 1. The van der Waals surface area contributed by atoms with Crippen LogP contribution in [0, 0.1) is 6.92 Å². The van der Waals surface area contributed by atoms with E-state index in [1.54, 1.807) is 6.92 Å². The lowest BCUT2D eigenvalue weighted by molar-refractivity contribution is -0.121. The van der Waals surface area contributed by atoms with Gasteiger partial charge in [-0.1, -0.05) is 48.5 Å². The van der Waals surface area contributed by atoms with Crippen LogP contribution in [0.15, 0.2) is 54.6 Å². The average molecular weight is 334 g/mol. The number of nitrogens with zero attached hydrogens (tertiary/aromatic N) is 1. The highest BCUT2D eigenvalue weighted by Crippen LogP contribution is 2.33. The van der Waals surface area contributed by atoms with Crippen LogP contribution in [0.2, 0.25) is 0 Å². The fraction of sp³-hybridized carbons (Fsp3) is 0.238. The van der Waals surface area contributed by atoms with E-state index < -0.39 is 0 Å². The van der Waals surface area contributed by atoms with E-state index in [0.29, 0.717) is 0 Å². The molecule has 0 aliphatic rings. The Morgan fingerprint density at radius 2 is 1.80 bits per heavy atom. The maximum absolute atomic E-state index is 12.4. The van der Waals surface area contributed by atoms with E-state index in [1.165, 1.54) is 0 Å². The summed E-state index contributed by atoms with van der Waals surface area (Å²) in [5.41, 5.74) is 4.82. The molecule has 0 aliphatic carbocycles. The standard InChI is InChI=1S/C21H22N2O2/c1-14(13-24)22-20(25)12-18-15(2)23-19-11-7-6-10-17(19)21(18)16-8-4-3-5-9-16/h3-11,14,24H,12-13H2,1-2H3,(H,22,25). The van der Waals surface area contributed by atoms with Crippen molar-refractivity contribution in [3.63, 3.8) is 0 Å². The number of para-hydroxylation sites is 1. The summed E-state index contributed by atoms with van der Waals surface area (Å²) >= 11 is 0. The van der Waals surface area contributed by atoms with Crippen molar-refractivity contribution in [2.75, 3.05) is 6.61 Å². The van der Waals surface area contributed by atoms with Gasteiger partial charge in [-0.3, -0.25) is 9.78 Å². The molecule has 4 heteroatoms. The van der Waals surface area contributed by atoms with Gasteiger partial charge in [0.25, 0.3) is 0 Å². The molecule has 0 bridgehead atoms. The SMILES string of the molecule is Cc1nc2ccccc2c(-c2ccccc2)c1CC(=O)NC(C)CO. The maximum Gasteiger partial charge on any atom is 0.224 e. The number of fused-ring (bicyclic) bond motifs is 1. The van der Waals surface area contributed by atoms with Crippen LogP contribution in [-0.4, -0.2) is 28.6 Å². The number of rotatable bonds is 5.